The van der Waals surface area contributed by atoms with Crippen LogP contribution in [0.4, 0.5) is 0 Å². The van der Waals surface area contributed by atoms with E-state index in [2.05, 4.69) is 22.9 Å². The van der Waals surface area contributed by atoms with Crippen molar-refractivity contribution in [2.45, 2.75) is 38.0 Å². The average molecular weight is 301 g/mol. The molecule has 0 spiro atoms. The number of benzene rings is 1. The molecular formula is C14H21BrO2. The smallest absolute Gasteiger partial charge is 0.0550 e. The van der Waals surface area contributed by atoms with Gasteiger partial charge in [0.1, 0.15) is 0 Å². The summed E-state index contributed by atoms with van der Waals surface area (Å²) in [6.45, 7) is 2.14. The first-order valence-electron chi connectivity index (χ1n) is 6.16. The monoisotopic (exact) mass is 300 g/mol. The van der Waals surface area contributed by atoms with Crippen molar-refractivity contribution < 1.29 is 10.2 Å². The molecule has 3 heteroatoms. The summed E-state index contributed by atoms with van der Waals surface area (Å²) in [5.74, 6) is 0. The van der Waals surface area contributed by atoms with E-state index in [-0.39, 0.29) is 13.2 Å². The minimum absolute atomic E-state index is 0.00511. The van der Waals surface area contributed by atoms with Gasteiger partial charge in [-0.05, 0) is 24.1 Å². The second-order valence-electron chi connectivity index (χ2n) is 4.56. The van der Waals surface area contributed by atoms with Crippen LogP contribution < -0.4 is 0 Å². The molecule has 17 heavy (non-hydrogen) atoms. The van der Waals surface area contributed by atoms with Crippen LogP contribution in [0.3, 0.4) is 0 Å². The highest BCUT2D eigenvalue weighted by molar-refractivity contribution is 9.10. The molecule has 0 fully saturated rings. The lowest BCUT2D eigenvalue weighted by Gasteiger charge is -2.30. The molecule has 0 aliphatic rings. The zero-order chi connectivity index (χ0) is 12.7. The number of hydrogen-bond acceptors (Lipinski definition) is 2. The number of rotatable bonds is 7. The minimum Gasteiger partial charge on any atom is -0.395 e. The molecule has 0 bridgehead atoms. The van der Waals surface area contributed by atoms with Gasteiger partial charge in [-0.2, -0.15) is 0 Å². The molecule has 0 amide bonds. The molecule has 0 aliphatic carbocycles. The summed E-state index contributed by atoms with van der Waals surface area (Å²) < 4.78 is 1.01. The first-order chi connectivity index (χ1) is 8.18. The van der Waals surface area contributed by atoms with E-state index >= 15 is 0 Å². The summed E-state index contributed by atoms with van der Waals surface area (Å²) in [7, 11) is 0. The first-order valence-corrected chi connectivity index (χ1v) is 6.95. The Labute approximate surface area is 112 Å². The second kappa shape index (κ2) is 7.14. The fourth-order valence-corrected chi connectivity index (χ4v) is 2.32. The average Bonchev–Trinajstić information content (AvgIpc) is 2.37. The fraction of sp³-hybridized carbons (Fsp3) is 0.571. The lowest BCUT2D eigenvalue weighted by atomic mass is 9.77. The Bertz CT molecular complexity index is 317. The van der Waals surface area contributed by atoms with Crippen LogP contribution in [0, 0.1) is 0 Å². The van der Waals surface area contributed by atoms with E-state index in [1.165, 1.54) is 0 Å². The van der Waals surface area contributed by atoms with Gasteiger partial charge >= 0.3 is 0 Å². The molecule has 0 aromatic heterocycles. The Hall–Kier alpha value is -0.380. The number of aliphatic hydroxyl groups is 2. The van der Waals surface area contributed by atoms with Crippen molar-refractivity contribution in [3.63, 3.8) is 0 Å². The van der Waals surface area contributed by atoms with Gasteiger partial charge in [-0.1, -0.05) is 54.2 Å². The van der Waals surface area contributed by atoms with Crippen LogP contribution in [0.25, 0.3) is 0 Å². The van der Waals surface area contributed by atoms with Crippen LogP contribution in [0.2, 0.25) is 0 Å². The van der Waals surface area contributed by atoms with Crippen molar-refractivity contribution in [3.8, 4) is 0 Å². The van der Waals surface area contributed by atoms with Crippen molar-refractivity contribution in [2.24, 2.45) is 0 Å². The third kappa shape index (κ3) is 3.80. The second-order valence-corrected chi connectivity index (χ2v) is 5.48. The van der Waals surface area contributed by atoms with Crippen LogP contribution in [-0.4, -0.2) is 23.4 Å². The van der Waals surface area contributed by atoms with Crippen molar-refractivity contribution in [1.82, 2.24) is 0 Å². The number of hydrogen-bond donors (Lipinski definition) is 2. The van der Waals surface area contributed by atoms with Gasteiger partial charge in [-0.15, -0.1) is 0 Å². The Kier molecular flexibility index (Phi) is 6.17. The maximum absolute atomic E-state index is 9.63. The first kappa shape index (κ1) is 14.7. The lowest BCUT2D eigenvalue weighted by Crippen LogP contribution is -2.34. The van der Waals surface area contributed by atoms with Gasteiger partial charge in [0.2, 0.25) is 0 Å². The maximum Gasteiger partial charge on any atom is 0.0550 e. The normalized spacial score (nSPS) is 11.8. The summed E-state index contributed by atoms with van der Waals surface area (Å²) in [4.78, 5) is 0. The molecule has 0 radical (unpaired) electrons. The van der Waals surface area contributed by atoms with Crippen molar-refractivity contribution >= 4 is 15.9 Å². The Morgan fingerprint density at radius 2 is 1.65 bits per heavy atom. The highest BCUT2D eigenvalue weighted by Gasteiger charge is 2.30. The highest BCUT2D eigenvalue weighted by atomic mass is 79.9. The fourth-order valence-electron chi connectivity index (χ4n) is 2.05. The van der Waals surface area contributed by atoms with Crippen LogP contribution in [-0.2, 0) is 5.41 Å². The molecule has 0 heterocycles. The van der Waals surface area contributed by atoms with E-state index < -0.39 is 5.41 Å². The molecule has 1 aromatic rings. The summed E-state index contributed by atoms with van der Waals surface area (Å²) in [6, 6.07) is 7.86. The molecule has 0 saturated carbocycles. The van der Waals surface area contributed by atoms with Crippen molar-refractivity contribution in [1.29, 1.82) is 0 Å². The molecule has 1 rings (SSSR count). The molecule has 0 aliphatic heterocycles. The largest absolute Gasteiger partial charge is 0.395 e. The van der Waals surface area contributed by atoms with Crippen molar-refractivity contribution in [3.05, 3.63) is 34.3 Å². The Morgan fingerprint density at radius 3 is 2.12 bits per heavy atom. The van der Waals surface area contributed by atoms with E-state index in [0.29, 0.717) is 0 Å². The molecule has 1 aromatic carbocycles. The topological polar surface area (TPSA) is 40.5 Å². The maximum atomic E-state index is 9.63. The van der Waals surface area contributed by atoms with Crippen LogP contribution in [0.5, 0.6) is 0 Å². The van der Waals surface area contributed by atoms with Gasteiger partial charge in [-0.25, -0.2) is 0 Å². The van der Waals surface area contributed by atoms with E-state index in [4.69, 9.17) is 0 Å². The number of halogens is 1. The van der Waals surface area contributed by atoms with Crippen LogP contribution in [0.15, 0.2) is 28.7 Å². The van der Waals surface area contributed by atoms with Gasteiger partial charge in [-0.3, -0.25) is 0 Å². The van der Waals surface area contributed by atoms with Gasteiger partial charge in [0, 0.05) is 9.89 Å². The molecule has 0 unspecified atom stereocenters. The zero-order valence-corrected chi connectivity index (χ0v) is 11.9. The molecule has 96 valence electrons. The standard InChI is InChI=1S/C14H21BrO2/c1-2-3-4-9-14(10-16,11-17)12-5-7-13(15)8-6-12/h5-8,16-17H,2-4,9-11H2,1H3. The zero-order valence-electron chi connectivity index (χ0n) is 10.3. The molecule has 2 nitrogen and oxygen atoms in total. The number of unbranched alkanes of at least 4 members (excludes halogenated alkanes) is 2. The SMILES string of the molecule is CCCCCC(CO)(CO)c1ccc(Br)cc1. The van der Waals surface area contributed by atoms with E-state index in [9.17, 15) is 10.2 Å². The summed E-state index contributed by atoms with van der Waals surface area (Å²) in [5, 5.41) is 19.3. The minimum atomic E-state index is -0.490. The summed E-state index contributed by atoms with van der Waals surface area (Å²) >= 11 is 3.39. The van der Waals surface area contributed by atoms with Gasteiger partial charge in [0.25, 0.3) is 0 Å². The predicted octanol–water partition coefficient (Wildman–Crippen LogP) is 3.25. The third-order valence-corrected chi connectivity index (χ3v) is 3.85. The van der Waals surface area contributed by atoms with Gasteiger partial charge in [0.15, 0.2) is 0 Å². The lowest BCUT2D eigenvalue weighted by molar-refractivity contribution is 0.107. The van der Waals surface area contributed by atoms with Crippen LogP contribution >= 0.6 is 15.9 Å². The summed E-state index contributed by atoms with van der Waals surface area (Å²) in [5.41, 5.74) is 0.525. The Balaban J connectivity index is 2.85. The van der Waals surface area contributed by atoms with Crippen molar-refractivity contribution in [2.75, 3.05) is 13.2 Å². The molecule has 2 N–H and O–H groups in total. The number of aliphatic hydroxyl groups excluding tert-OH is 2. The van der Waals surface area contributed by atoms with Crippen LogP contribution in [0.1, 0.15) is 38.2 Å². The van der Waals surface area contributed by atoms with E-state index in [1.54, 1.807) is 0 Å². The highest BCUT2D eigenvalue weighted by Crippen LogP contribution is 2.30. The van der Waals surface area contributed by atoms with E-state index in [1.807, 2.05) is 24.3 Å². The molecule has 0 atom stereocenters. The Morgan fingerprint density at radius 1 is 1.06 bits per heavy atom. The van der Waals surface area contributed by atoms with E-state index in [0.717, 1.165) is 35.7 Å². The third-order valence-electron chi connectivity index (χ3n) is 3.32. The summed E-state index contributed by atoms with van der Waals surface area (Å²) in [6.07, 6.45) is 4.15. The molecule has 0 saturated heterocycles. The molecular weight excluding hydrogens is 280 g/mol. The quantitative estimate of drug-likeness (QED) is 0.759. The van der Waals surface area contributed by atoms with Gasteiger partial charge < -0.3 is 10.2 Å². The predicted molar refractivity (Wildman–Crippen MR) is 74.1 cm³/mol. The van der Waals surface area contributed by atoms with Gasteiger partial charge in [0.05, 0.1) is 13.2 Å².